The smallest absolute Gasteiger partial charge is 0.315 e. The number of nitrogens with one attached hydrogen (secondary N) is 3. The van der Waals surface area contributed by atoms with Crippen molar-refractivity contribution in [3.63, 3.8) is 0 Å². The maximum atomic E-state index is 11.4. The molecule has 2 rings (SSSR count). The molecule has 2 amide bonds. The Morgan fingerprint density at radius 1 is 1.33 bits per heavy atom. The minimum atomic E-state index is -0.189. The molecule has 5 nitrogen and oxygen atoms in total. The van der Waals surface area contributed by atoms with Crippen LogP contribution in [0.15, 0.2) is 30.3 Å². The summed E-state index contributed by atoms with van der Waals surface area (Å²) in [6.07, 6.45) is 0. The summed E-state index contributed by atoms with van der Waals surface area (Å²) in [4.78, 5) is 14.7. The number of hydrogen-bond acceptors (Lipinski definition) is 2. The van der Waals surface area contributed by atoms with E-state index in [0.29, 0.717) is 19.7 Å². The first-order valence-electron chi connectivity index (χ1n) is 5.87. The molecule has 0 aliphatic heterocycles. The lowest BCUT2D eigenvalue weighted by Crippen LogP contribution is -2.36. The second kappa shape index (κ2) is 6.07. The summed E-state index contributed by atoms with van der Waals surface area (Å²) in [6.45, 7) is 1.50. The van der Waals surface area contributed by atoms with E-state index in [1.54, 1.807) is 7.11 Å². The minimum absolute atomic E-state index is 0.189. The molecule has 1 heterocycles. The number of carbonyl (C=O) groups is 1. The van der Waals surface area contributed by atoms with E-state index < -0.39 is 0 Å². The third-order valence-corrected chi connectivity index (χ3v) is 2.62. The number of aromatic nitrogens is 1. The van der Waals surface area contributed by atoms with E-state index in [4.69, 9.17) is 4.74 Å². The van der Waals surface area contributed by atoms with Gasteiger partial charge in [0.1, 0.15) is 0 Å². The van der Waals surface area contributed by atoms with E-state index >= 15 is 0 Å². The van der Waals surface area contributed by atoms with Gasteiger partial charge in [-0.05, 0) is 17.5 Å². The molecule has 0 atom stereocenters. The molecule has 0 aliphatic carbocycles. The van der Waals surface area contributed by atoms with E-state index in [1.807, 2.05) is 30.3 Å². The fourth-order valence-electron chi connectivity index (χ4n) is 1.73. The SMILES string of the molecule is COCCNC(=O)NCc1cc2ccccc2[nH]1. The van der Waals surface area contributed by atoms with Gasteiger partial charge in [0.2, 0.25) is 0 Å². The fraction of sp³-hybridized carbons (Fsp3) is 0.308. The highest BCUT2D eigenvalue weighted by Gasteiger charge is 2.02. The van der Waals surface area contributed by atoms with Gasteiger partial charge in [-0.15, -0.1) is 0 Å². The first-order valence-corrected chi connectivity index (χ1v) is 5.87. The van der Waals surface area contributed by atoms with Gasteiger partial charge >= 0.3 is 6.03 Å². The maximum absolute atomic E-state index is 11.4. The molecule has 0 spiro atoms. The number of aromatic amines is 1. The number of hydrogen-bond donors (Lipinski definition) is 3. The molecule has 5 heteroatoms. The van der Waals surface area contributed by atoms with Crippen LogP contribution in [-0.4, -0.2) is 31.3 Å². The number of fused-ring (bicyclic) bond motifs is 1. The predicted molar refractivity (Wildman–Crippen MR) is 70.4 cm³/mol. The Morgan fingerprint density at radius 2 is 2.17 bits per heavy atom. The highest BCUT2D eigenvalue weighted by Crippen LogP contribution is 2.14. The third-order valence-electron chi connectivity index (χ3n) is 2.62. The lowest BCUT2D eigenvalue weighted by molar-refractivity contribution is 0.196. The van der Waals surface area contributed by atoms with E-state index in [-0.39, 0.29) is 6.03 Å². The summed E-state index contributed by atoms with van der Waals surface area (Å²) in [5.41, 5.74) is 2.06. The Balaban J connectivity index is 1.84. The van der Waals surface area contributed by atoms with Crippen LogP contribution < -0.4 is 10.6 Å². The highest BCUT2D eigenvalue weighted by atomic mass is 16.5. The van der Waals surface area contributed by atoms with Crippen molar-refractivity contribution in [3.05, 3.63) is 36.0 Å². The van der Waals surface area contributed by atoms with Gasteiger partial charge < -0.3 is 20.4 Å². The van der Waals surface area contributed by atoms with E-state index in [1.165, 1.54) is 0 Å². The van der Waals surface area contributed by atoms with Crippen molar-refractivity contribution in [3.8, 4) is 0 Å². The largest absolute Gasteiger partial charge is 0.383 e. The summed E-state index contributed by atoms with van der Waals surface area (Å²) in [6, 6.07) is 9.86. The van der Waals surface area contributed by atoms with Gasteiger partial charge in [0, 0.05) is 24.9 Å². The number of rotatable bonds is 5. The summed E-state index contributed by atoms with van der Waals surface area (Å²) < 4.78 is 4.85. The molecule has 0 saturated heterocycles. The van der Waals surface area contributed by atoms with Crippen LogP contribution in [0.5, 0.6) is 0 Å². The topological polar surface area (TPSA) is 66.2 Å². The average molecular weight is 247 g/mol. The molecule has 18 heavy (non-hydrogen) atoms. The van der Waals surface area contributed by atoms with Crippen molar-refractivity contribution >= 4 is 16.9 Å². The zero-order valence-corrected chi connectivity index (χ0v) is 10.3. The second-order valence-corrected chi connectivity index (χ2v) is 3.98. The van der Waals surface area contributed by atoms with Crippen LogP contribution in [0.25, 0.3) is 10.9 Å². The van der Waals surface area contributed by atoms with E-state index in [9.17, 15) is 4.79 Å². The number of para-hydroxylation sites is 1. The van der Waals surface area contributed by atoms with E-state index in [0.717, 1.165) is 16.6 Å². The lowest BCUT2D eigenvalue weighted by Gasteiger charge is -2.05. The van der Waals surface area contributed by atoms with Gasteiger partial charge in [0.05, 0.1) is 13.2 Å². The van der Waals surface area contributed by atoms with Crippen LogP contribution in [0, 0.1) is 0 Å². The molecular formula is C13H17N3O2. The number of amides is 2. The number of benzene rings is 1. The Hall–Kier alpha value is -2.01. The standard InChI is InChI=1S/C13H17N3O2/c1-18-7-6-14-13(17)15-9-11-8-10-4-2-3-5-12(10)16-11/h2-5,8,16H,6-7,9H2,1H3,(H2,14,15,17). The monoisotopic (exact) mass is 247 g/mol. The van der Waals surface area contributed by atoms with Crippen molar-refractivity contribution in [2.45, 2.75) is 6.54 Å². The third kappa shape index (κ3) is 3.24. The van der Waals surface area contributed by atoms with Gasteiger partial charge in [0.25, 0.3) is 0 Å². The zero-order valence-electron chi connectivity index (χ0n) is 10.3. The molecule has 1 aromatic carbocycles. The van der Waals surface area contributed by atoms with Crippen LogP contribution in [0.3, 0.4) is 0 Å². The van der Waals surface area contributed by atoms with Gasteiger partial charge in [-0.25, -0.2) is 4.79 Å². The number of urea groups is 1. The quantitative estimate of drug-likeness (QED) is 0.703. The normalized spacial score (nSPS) is 10.5. The summed E-state index contributed by atoms with van der Waals surface area (Å²) in [5.74, 6) is 0. The summed E-state index contributed by atoms with van der Waals surface area (Å²) in [7, 11) is 1.60. The minimum Gasteiger partial charge on any atom is -0.383 e. The van der Waals surface area contributed by atoms with Gasteiger partial charge in [-0.1, -0.05) is 18.2 Å². The fourth-order valence-corrected chi connectivity index (χ4v) is 1.73. The van der Waals surface area contributed by atoms with Gasteiger partial charge in [-0.3, -0.25) is 0 Å². The second-order valence-electron chi connectivity index (χ2n) is 3.98. The molecule has 0 radical (unpaired) electrons. The summed E-state index contributed by atoms with van der Waals surface area (Å²) in [5, 5.41) is 6.63. The van der Waals surface area contributed by atoms with E-state index in [2.05, 4.69) is 15.6 Å². The van der Waals surface area contributed by atoms with Crippen molar-refractivity contribution < 1.29 is 9.53 Å². The highest BCUT2D eigenvalue weighted by molar-refractivity contribution is 5.80. The molecule has 0 saturated carbocycles. The van der Waals surface area contributed by atoms with Gasteiger partial charge in [-0.2, -0.15) is 0 Å². The Labute approximate surface area is 106 Å². The van der Waals surface area contributed by atoms with Crippen LogP contribution in [0.1, 0.15) is 5.69 Å². The number of methoxy groups -OCH3 is 1. The molecule has 0 bridgehead atoms. The average Bonchev–Trinajstić information content (AvgIpc) is 2.79. The molecule has 0 unspecified atom stereocenters. The number of H-pyrrole nitrogens is 1. The molecule has 1 aromatic heterocycles. The molecule has 3 N–H and O–H groups in total. The predicted octanol–water partition coefficient (Wildman–Crippen LogP) is 1.61. The van der Waals surface area contributed by atoms with Crippen LogP contribution >= 0.6 is 0 Å². The molecule has 0 aliphatic rings. The van der Waals surface area contributed by atoms with Crippen LogP contribution in [-0.2, 0) is 11.3 Å². The van der Waals surface area contributed by atoms with Crippen molar-refractivity contribution in [1.29, 1.82) is 0 Å². The Kier molecular flexibility index (Phi) is 4.20. The molecular weight excluding hydrogens is 230 g/mol. The first kappa shape index (κ1) is 12.4. The van der Waals surface area contributed by atoms with Crippen LogP contribution in [0.4, 0.5) is 4.79 Å². The zero-order chi connectivity index (χ0) is 12.8. The Morgan fingerprint density at radius 3 is 2.94 bits per heavy atom. The lowest BCUT2D eigenvalue weighted by atomic mass is 10.2. The van der Waals surface area contributed by atoms with Gasteiger partial charge in [0.15, 0.2) is 0 Å². The molecule has 0 fully saturated rings. The van der Waals surface area contributed by atoms with Crippen molar-refractivity contribution in [2.24, 2.45) is 0 Å². The van der Waals surface area contributed by atoms with Crippen molar-refractivity contribution in [2.75, 3.05) is 20.3 Å². The maximum Gasteiger partial charge on any atom is 0.315 e. The van der Waals surface area contributed by atoms with Crippen LogP contribution in [0.2, 0.25) is 0 Å². The Bertz CT molecular complexity index is 489. The van der Waals surface area contributed by atoms with Crippen molar-refractivity contribution in [1.82, 2.24) is 15.6 Å². The number of ether oxygens (including phenoxy) is 1. The first-order chi connectivity index (χ1) is 8.79. The molecule has 96 valence electrons. The summed E-state index contributed by atoms with van der Waals surface area (Å²) >= 11 is 0. The molecule has 2 aromatic rings. The number of carbonyl (C=O) groups excluding carboxylic acids is 1.